The van der Waals surface area contributed by atoms with Crippen molar-refractivity contribution in [2.75, 3.05) is 43.6 Å². The fourth-order valence-electron chi connectivity index (χ4n) is 2.85. The van der Waals surface area contributed by atoms with Crippen LogP contribution in [0, 0.1) is 0 Å². The summed E-state index contributed by atoms with van der Waals surface area (Å²) >= 11 is 0. The van der Waals surface area contributed by atoms with Gasteiger partial charge in [0.15, 0.2) is 0 Å². The minimum absolute atomic E-state index is 0.0271. The number of hydrogen-bond acceptors (Lipinski definition) is 4. The Bertz CT molecular complexity index is 703. The number of anilines is 2. The van der Waals surface area contributed by atoms with Gasteiger partial charge in [-0.2, -0.15) is 0 Å². The Labute approximate surface area is 142 Å². The third kappa shape index (κ3) is 4.06. The van der Waals surface area contributed by atoms with Crippen molar-refractivity contribution in [3.8, 4) is 5.75 Å². The number of amides is 1. The topological polar surface area (TPSA) is 50.8 Å². The van der Waals surface area contributed by atoms with Crippen LogP contribution in [0.15, 0.2) is 48.5 Å². The standard InChI is InChI=1S/C19H22N2O3/c1-23-11-12-24-17-7-4-6-16(13-17)20-19(22)14-21-10-9-15-5-2-3-8-18(15)21/h2-8,13H,9-12,14H2,1H3,(H,20,22). The maximum atomic E-state index is 12.3. The first-order chi connectivity index (χ1) is 11.8. The van der Waals surface area contributed by atoms with E-state index < -0.39 is 0 Å². The molecule has 1 amide bonds. The highest BCUT2D eigenvalue weighted by Gasteiger charge is 2.20. The molecule has 3 rings (SSSR count). The molecule has 0 aromatic heterocycles. The van der Waals surface area contributed by atoms with Crippen LogP contribution in [-0.2, 0) is 16.0 Å². The van der Waals surface area contributed by atoms with Gasteiger partial charge < -0.3 is 19.7 Å². The second-order valence-electron chi connectivity index (χ2n) is 5.72. The first kappa shape index (κ1) is 16.3. The first-order valence-corrected chi connectivity index (χ1v) is 8.11. The first-order valence-electron chi connectivity index (χ1n) is 8.11. The van der Waals surface area contributed by atoms with Crippen LogP contribution < -0.4 is 15.0 Å². The predicted octanol–water partition coefficient (Wildman–Crippen LogP) is 2.71. The number of carbonyl (C=O) groups excluding carboxylic acids is 1. The van der Waals surface area contributed by atoms with Crippen LogP contribution in [0.25, 0.3) is 0 Å². The summed E-state index contributed by atoms with van der Waals surface area (Å²) in [5.74, 6) is 0.692. The second kappa shape index (κ2) is 7.84. The lowest BCUT2D eigenvalue weighted by atomic mass is 10.2. The lowest BCUT2D eigenvalue weighted by Gasteiger charge is -2.18. The lowest BCUT2D eigenvalue weighted by Crippen LogP contribution is -2.31. The van der Waals surface area contributed by atoms with E-state index in [1.54, 1.807) is 7.11 Å². The van der Waals surface area contributed by atoms with Gasteiger partial charge >= 0.3 is 0 Å². The number of ether oxygens (including phenoxy) is 2. The third-order valence-corrected chi connectivity index (χ3v) is 3.99. The van der Waals surface area contributed by atoms with E-state index >= 15 is 0 Å². The summed E-state index contributed by atoms with van der Waals surface area (Å²) in [6.45, 7) is 2.25. The van der Waals surface area contributed by atoms with E-state index in [9.17, 15) is 4.79 Å². The van der Waals surface area contributed by atoms with Crippen LogP contribution in [0.3, 0.4) is 0 Å². The van der Waals surface area contributed by atoms with Gasteiger partial charge in [0.2, 0.25) is 5.91 Å². The number of para-hydroxylation sites is 1. The average molecular weight is 326 g/mol. The molecule has 0 unspecified atom stereocenters. The Morgan fingerprint density at radius 1 is 1.17 bits per heavy atom. The maximum absolute atomic E-state index is 12.3. The van der Waals surface area contributed by atoms with Crippen molar-refractivity contribution in [1.82, 2.24) is 0 Å². The van der Waals surface area contributed by atoms with E-state index in [1.165, 1.54) is 5.56 Å². The molecule has 0 aliphatic carbocycles. The van der Waals surface area contributed by atoms with Crippen molar-refractivity contribution in [2.45, 2.75) is 6.42 Å². The minimum atomic E-state index is -0.0271. The van der Waals surface area contributed by atoms with Crippen LogP contribution in [0.1, 0.15) is 5.56 Å². The molecule has 0 spiro atoms. The van der Waals surface area contributed by atoms with Gasteiger partial charge in [-0.1, -0.05) is 24.3 Å². The van der Waals surface area contributed by atoms with Crippen LogP contribution in [0.5, 0.6) is 5.75 Å². The van der Waals surface area contributed by atoms with Gasteiger partial charge in [-0.25, -0.2) is 0 Å². The highest BCUT2D eigenvalue weighted by atomic mass is 16.5. The molecule has 1 heterocycles. The quantitative estimate of drug-likeness (QED) is 0.795. The van der Waals surface area contributed by atoms with E-state index in [0.717, 1.165) is 30.1 Å². The van der Waals surface area contributed by atoms with E-state index in [1.807, 2.05) is 36.4 Å². The van der Waals surface area contributed by atoms with Crippen LogP contribution in [0.4, 0.5) is 11.4 Å². The summed E-state index contributed by atoms with van der Waals surface area (Å²) in [5.41, 5.74) is 3.20. The van der Waals surface area contributed by atoms with Gasteiger partial charge in [0.25, 0.3) is 0 Å². The van der Waals surface area contributed by atoms with Gasteiger partial charge in [0, 0.05) is 31.1 Å². The number of nitrogens with one attached hydrogen (secondary N) is 1. The molecule has 1 aliphatic heterocycles. The lowest BCUT2D eigenvalue weighted by molar-refractivity contribution is -0.115. The number of hydrogen-bond donors (Lipinski definition) is 1. The fraction of sp³-hybridized carbons (Fsp3) is 0.316. The molecule has 0 radical (unpaired) electrons. The average Bonchev–Trinajstić information content (AvgIpc) is 2.99. The van der Waals surface area contributed by atoms with Crippen molar-refractivity contribution >= 4 is 17.3 Å². The van der Waals surface area contributed by atoms with Gasteiger partial charge in [-0.05, 0) is 30.2 Å². The summed E-state index contributed by atoms with van der Waals surface area (Å²) in [6.07, 6.45) is 0.992. The summed E-state index contributed by atoms with van der Waals surface area (Å²) in [7, 11) is 1.64. The van der Waals surface area contributed by atoms with Crippen molar-refractivity contribution in [3.05, 3.63) is 54.1 Å². The zero-order chi connectivity index (χ0) is 16.8. The van der Waals surface area contributed by atoms with Crippen molar-refractivity contribution in [2.24, 2.45) is 0 Å². The number of fused-ring (bicyclic) bond motifs is 1. The van der Waals surface area contributed by atoms with Gasteiger partial charge in [-0.15, -0.1) is 0 Å². The number of benzene rings is 2. The molecule has 5 nitrogen and oxygen atoms in total. The van der Waals surface area contributed by atoms with Crippen LogP contribution in [0.2, 0.25) is 0 Å². The van der Waals surface area contributed by atoms with Crippen LogP contribution in [-0.4, -0.2) is 39.3 Å². The number of methoxy groups -OCH3 is 1. The SMILES string of the molecule is COCCOc1cccc(NC(=O)CN2CCc3ccccc32)c1. The normalized spacial score (nSPS) is 12.8. The predicted molar refractivity (Wildman–Crippen MR) is 94.8 cm³/mol. The summed E-state index contributed by atoms with van der Waals surface area (Å²) in [6, 6.07) is 15.6. The highest BCUT2D eigenvalue weighted by Crippen LogP contribution is 2.27. The molecule has 24 heavy (non-hydrogen) atoms. The van der Waals surface area contributed by atoms with Gasteiger partial charge in [0.05, 0.1) is 13.2 Å². The van der Waals surface area contributed by atoms with Crippen molar-refractivity contribution in [1.29, 1.82) is 0 Å². The Balaban J connectivity index is 1.57. The molecule has 0 atom stereocenters. The summed E-state index contributed by atoms with van der Waals surface area (Å²) < 4.78 is 10.5. The summed E-state index contributed by atoms with van der Waals surface area (Å²) in [5, 5.41) is 2.94. The van der Waals surface area contributed by atoms with Crippen molar-refractivity contribution < 1.29 is 14.3 Å². The number of nitrogens with zero attached hydrogens (tertiary/aromatic N) is 1. The van der Waals surface area contributed by atoms with Crippen molar-refractivity contribution in [3.63, 3.8) is 0 Å². The second-order valence-corrected chi connectivity index (χ2v) is 5.72. The molecule has 126 valence electrons. The molecule has 0 saturated heterocycles. The van der Waals surface area contributed by atoms with Crippen LogP contribution >= 0.6 is 0 Å². The molecule has 2 aromatic carbocycles. The molecule has 0 saturated carbocycles. The van der Waals surface area contributed by atoms with E-state index in [0.29, 0.717) is 19.8 Å². The zero-order valence-electron chi connectivity index (χ0n) is 13.8. The smallest absolute Gasteiger partial charge is 0.243 e. The maximum Gasteiger partial charge on any atom is 0.243 e. The Hall–Kier alpha value is -2.53. The molecular formula is C19H22N2O3. The molecule has 0 bridgehead atoms. The third-order valence-electron chi connectivity index (χ3n) is 3.99. The zero-order valence-corrected chi connectivity index (χ0v) is 13.8. The minimum Gasteiger partial charge on any atom is -0.491 e. The molecular weight excluding hydrogens is 304 g/mol. The van der Waals surface area contributed by atoms with E-state index in [4.69, 9.17) is 9.47 Å². The van der Waals surface area contributed by atoms with Gasteiger partial charge in [-0.3, -0.25) is 4.79 Å². The number of rotatable bonds is 7. The Kier molecular flexibility index (Phi) is 5.33. The molecule has 0 fully saturated rings. The summed E-state index contributed by atoms with van der Waals surface area (Å²) in [4.78, 5) is 14.5. The fourth-order valence-corrected chi connectivity index (χ4v) is 2.85. The van der Waals surface area contributed by atoms with Gasteiger partial charge in [0.1, 0.15) is 12.4 Å². The molecule has 5 heteroatoms. The largest absolute Gasteiger partial charge is 0.491 e. The molecule has 1 aliphatic rings. The Morgan fingerprint density at radius 3 is 2.92 bits per heavy atom. The Morgan fingerprint density at radius 2 is 2.04 bits per heavy atom. The van der Waals surface area contributed by atoms with E-state index in [2.05, 4.69) is 22.3 Å². The molecule has 2 aromatic rings. The highest BCUT2D eigenvalue weighted by molar-refractivity contribution is 5.94. The number of carbonyl (C=O) groups is 1. The monoisotopic (exact) mass is 326 g/mol. The van der Waals surface area contributed by atoms with E-state index in [-0.39, 0.29) is 5.91 Å². The molecule has 1 N–H and O–H groups in total.